The molecule has 0 spiro atoms. The van der Waals surface area contributed by atoms with Gasteiger partial charge in [0.05, 0.1) is 0 Å². The highest BCUT2D eigenvalue weighted by Gasteiger charge is 2.22. The Kier molecular flexibility index (Phi) is 3.78. The van der Waals surface area contributed by atoms with Gasteiger partial charge in [-0.15, -0.1) is 17.8 Å². The normalized spacial score (nSPS) is 14.2. The summed E-state index contributed by atoms with van der Waals surface area (Å²) in [4.78, 5) is 4.08. The smallest absolute Gasteiger partial charge is 0.174 e. The van der Waals surface area contributed by atoms with E-state index in [1.807, 2.05) is 12.3 Å². The minimum Gasteiger partial charge on any atom is -0.371 e. The van der Waals surface area contributed by atoms with Gasteiger partial charge >= 0.3 is 0 Å². The molecule has 0 amide bonds. The first-order chi connectivity index (χ1) is 5.06. The Bertz CT molecular complexity index is 298. The maximum atomic E-state index is 9.52. The topological polar surface area (TPSA) is 33.1 Å². The zero-order valence-corrected chi connectivity index (χ0v) is 8.77. The average Bonchev–Trinajstić information content (AvgIpc) is 2.36. The molecule has 0 radical (unpaired) electrons. The Morgan fingerprint density at radius 1 is 1.75 bits per heavy atom. The standard InChI is InChI=1S/C8H9NOS.H2S/c1-4-8(3,10)7-9-6(2)5-11-7;/h1,5,10H,2-3H3;1H2/t8-;/m0./s1. The van der Waals surface area contributed by atoms with Crippen LogP contribution in [0.3, 0.4) is 0 Å². The van der Waals surface area contributed by atoms with Gasteiger partial charge in [-0.1, -0.05) is 5.92 Å². The number of aliphatic hydroxyl groups is 1. The van der Waals surface area contributed by atoms with E-state index in [1.165, 1.54) is 11.3 Å². The van der Waals surface area contributed by atoms with Crippen LogP contribution in [0.1, 0.15) is 17.6 Å². The average molecular weight is 201 g/mol. The molecule has 0 bridgehead atoms. The summed E-state index contributed by atoms with van der Waals surface area (Å²) in [7, 11) is 0. The predicted molar refractivity (Wildman–Crippen MR) is 55.6 cm³/mol. The van der Waals surface area contributed by atoms with E-state index in [4.69, 9.17) is 6.42 Å². The van der Waals surface area contributed by atoms with Gasteiger partial charge in [-0.25, -0.2) is 4.98 Å². The van der Waals surface area contributed by atoms with Crippen molar-refractivity contribution < 1.29 is 5.11 Å². The van der Waals surface area contributed by atoms with Crippen molar-refractivity contribution in [2.45, 2.75) is 19.4 Å². The van der Waals surface area contributed by atoms with Crippen LogP contribution in [0.25, 0.3) is 0 Å². The van der Waals surface area contributed by atoms with Crippen molar-refractivity contribution in [2.75, 3.05) is 0 Å². The number of hydrogen-bond acceptors (Lipinski definition) is 3. The van der Waals surface area contributed by atoms with Gasteiger partial charge in [0.1, 0.15) is 5.01 Å². The zero-order chi connectivity index (χ0) is 8.48. The Morgan fingerprint density at radius 2 is 2.33 bits per heavy atom. The van der Waals surface area contributed by atoms with Crippen LogP contribution in [0.2, 0.25) is 0 Å². The molecule has 0 saturated carbocycles. The third kappa shape index (κ3) is 2.24. The molecule has 0 fully saturated rings. The molecular weight excluding hydrogens is 190 g/mol. The lowest BCUT2D eigenvalue weighted by Crippen LogP contribution is -2.17. The number of hydrogen-bond donors (Lipinski definition) is 1. The summed E-state index contributed by atoms with van der Waals surface area (Å²) in [6.07, 6.45) is 5.11. The van der Waals surface area contributed by atoms with Gasteiger partial charge in [-0.2, -0.15) is 13.5 Å². The first-order valence-corrected chi connectivity index (χ1v) is 4.07. The van der Waals surface area contributed by atoms with Crippen molar-refractivity contribution in [3.8, 4) is 12.3 Å². The Hall–Kier alpha value is -0.500. The molecule has 0 aliphatic carbocycles. The molecule has 1 aromatic rings. The Labute approximate surface area is 83.1 Å². The quantitative estimate of drug-likeness (QED) is 0.697. The second-order valence-corrected chi connectivity index (χ2v) is 3.37. The largest absolute Gasteiger partial charge is 0.371 e. The van der Waals surface area contributed by atoms with Gasteiger partial charge in [0.15, 0.2) is 5.60 Å². The summed E-state index contributed by atoms with van der Waals surface area (Å²) < 4.78 is 0. The molecule has 0 unspecified atom stereocenters. The number of aryl methyl sites for hydroxylation is 1. The van der Waals surface area contributed by atoms with E-state index in [9.17, 15) is 5.11 Å². The molecule has 1 rings (SSSR count). The molecule has 0 aliphatic rings. The van der Waals surface area contributed by atoms with Gasteiger partial charge in [0.2, 0.25) is 0 Å². The van der Waals surface area contributed by atoms with E-state index < -0.39 is 5.60 Å². The van der Waals surface area contributed by atoms with E-state index in [1.54, 1.807) is 6.92 Å². The number of aromatic nitrogens is 1. The molecule has 4 heteroatoms. The number of thiazole rings is 1. The summed E-state index contributed by atoms with van der Waals surface area (Å²) in [5.74, 6) is 2.27. The van der Waals surface area contributed by atoms with Gasteiger partial charge in [-0.3, -0.25) is 0 Å². The molecule has 1 heterocycles. The predicted octanol–water partition coefficient (Wildman–Crippen LogP) is 1.41. The summed E-state index contributed by atoms with van der Waals surface area (Å²) >= 11 is 1.38. The van der Waals surface area contributed by atoms with Crippen LogP contribution in [0.5, 0.6) is 0 Å². The van der Waals surface area contributed by atoms with Crippen LogP contribution in [-0.4, -0.2) is 10.1 Å². The fourth-order valence-electron chi connectivity index (χ4n) is 0.639. The highest BCUT2D eigenvalue weighted by molar-refractivity contribution is 7.59. The molecule has 0 aliphatic heterocycles. The number of nitrogens with zero attached hydrogens (tertiary/aromatic N) is 1. The minimum atomic E-state index is -1.21. The minimum absolute atomic E-state index is 0. The highest BCUT2D eigenvalue weighted by Crippen LogP contribution is 2.22. The SMILES string of the molecule is C#C[C@](C)(O)c1nc(C)cs1.S. The van der Waals surface area contributed by atoms with Gasteiger partial charge in [0.25, 0.3) is 0 Å². The molecule has 1 N–H and O–H groups in total. The van der Waals surface area contributed by atoms with Crippen LogP contribution >= 0.6 is 24.8 Å². The van der Waals surface area contributed by atoms with E-state index in [0.29, 0.717) is 5.01 Å². The summed E-state index contributed by atoms with van der Waals surface area (Å²) in [5.41, 5.74) is -0.320. The lowest BCUT2D eigenvalue weighted by Gasteiger charge is -2.11. The van der Waals surface area contributed by atoms with Crippen molar-refractivity contribution in [1.82, 2.24) is 4.98 Å². The maximum Gasteiger partial charge on any atom is 0.174 e. The van der Waals surface area contributed by atoms with E-state index in [-0.39, 0.29) is 13.5 Å². The molecule has 1 atom stereocenters. The van der Waals surface area contributed by atoms with Crippen molar-refractivity contribution in [2.24, 2.45) is 0 Å². The maximum absolute atomic E-state index is 9.52. The van der Waals surface area contributed by atoms with E-state index in [2.05, 4.69) is 10.9 Å². The molecule has 12 heavy (non-hydrogen) atoms. The summed E-state index contributed by atoms with van der Waals surface area (Å²) in [6, 6.07) is 0. The molecular formula is C8H11NOS2. The number of terminal acetylenes is 1. The lowest BCUT2D eigenvalue weighted by molar-refractivity contribution is 0.122. The van der Waals surface area contributed by atoms with Crippen LogP contribution in [0, 0.1) is 19.3 Å². The number of rotatable bonds is 1. The summed E-state index contributed by atoms with van der Waals surface area (Å²) in [5, 5.41) is 12.0. The van der Waals surface area contributed by atoms with E-state index >= 15 is 0 Å². The molecule has 0 aromatic carbocycles. The Morgan fingerprint density at radius 3 is 2.67 bits per heavy atom. The molecule has 0 saturated heterocycles. The van der Waals surface area contributed by atoms with Gasteiger partial charge in [-0.05, 0) is 13.8 Å². The van der Waals surface area contributed by atoms with Crippen molar-refractivity contribution >= 4 is 24.8 Å². The van der Waals surface area contributed by atoms with Crippen molar-refractivity contribution in [3.63, 3.8) is 0 Å². The zero-order valence-electron chi connectivity index (χ0n) is 6.96. The third-order valence-electron chi connectivity index (χ3n) is 1.32. The second-order valence-electron chi connectivity index (χ2n) is 2.51. The van der Waals surface area contributed by atoms with Crippen LogP contribution in [0.4, 0.5) is 0 Å². The molecule has 2 nitrogen and oxygen atoms in total. The first kappa shape index (κ1) is 11.5. The van der Waals surface area contributed by atoms with Gasteiger partial charge in [0, 0.05) is 11.1 Å². The highest BCUT2D eigenvalue weighted by atomic mass is 32.1. The van der Waals surface area contributed by atoms with Crippen LogP contribution in [-0.2, 0) is 5.60 Å². The fraction of sp³-hybridized carbons (Fsp3) is 0.375. The summed E-state index contributed by atoms with van der Waals surface area (Å²) in [6.45, 7) is 3.43. The van der Waals surface area contributed by atoms with Gasteiger partial charge < -0.3 is 5.11 Å². The van der Waals surface area contributed by atoms with Crippen LogP contribution < -0.4 is 0 Å². The lowest BCUT2D eigenvalue weighted by atomic mass is 10.1. The molecule has 66 valence electrons. The van der Waals surface area contributed by atoms with Crippen molar-refractivity contribution in [3.05, 3.63) is 16.1 Å². The first-order valence-electron chi connectivity index (χ1n) is 3.19. The Balaban J connectivity index is 0.00000121. The van der Waals surface area contributed by atoms with Crippen LogP contribution in [0.15, 0.2) is 5.38 Å². The van der Waals surface area contributed by atoms with Crippen molar-refractivity contribution in [1.29, 1.82) is 0 Å². The molecule has 1 aromatic heterocycles. The fourth-order valence-corrected chi connectivity index (χ4v) is 1.46. The van der Waals surface area contributed by atoms with E-state index in [0.717, 1.165) is 5.69 Å². The monoisotopic (exact) mass is 201 g/mol. The second kappa shape index (κ2) is 3.94. The third-order valence-corrected chi connectivity index (χ3v) is 2.49.